The highest BCUT2D eigenvalue weighted by molar-refractivity contribution is 6.30. The Bertz CT molecular complexity index is 731. The highest BCUT2D eigenvalue weighted by Gasteiger charge is 2.28. The molecule has 1 aliphatic heterocycles. The first-order valence-electron chi connectivity index (χ1n) is 7.97. The number of nitrogens with one attached hydrogen (secondary N) is 1. The molecule has 0 spiro atoms. The van der Waals surface area contributed by atoms with Crippen LogP contribution in [-0.2, 0) is 17.8 Å². The lowest BCUT2D eigenvalue weighted by atomic mass is 9.95. The minimum Gasteiger partial charge on any atom is -0.467 e. The minimum absolute atomic E-state index is 0.122. The van der Waals surface area contributed by atoms with Crippen LogP contribution in [0.15, 0.2) is 42.5 Å². The molecule has 1 aliphatic rings. The zero-order valence-electron chi connectivity index (χ0n) is 13.8. The normalized spacial score (nSPS) is 14.8. The molecule has 0 saturated heterocycles. The number of benzene rings is 2. The number of rotatable bonds is 5. The van der Waals surface area contributed by atoms with Crippen molar-refractivity contribution in [2.24, 2.45) is 0 Å². The number of ketones is 1. The molecule has 0 radical (unpaired) electrons. The third-order valence-electron chi connectivity index (χ3n) is 4.25. The van der Waals surface area contributed by atoms with Crippen LogP contribution < -0.4 is 9.64 Å². The number of halogens is 1. The summed E-state index contributed by atoms with van der Waals surface area (Å²) in [7, 11) is 3.99. The fraction of sp³-hybridized carbons (Fsp3) is 0.316. The standard InChI is InChI=1S/C19H20ClNO3/c1-21(2)17(18(22)13-6-4-3-5-7-13)10-14-8-16(20)9-15-11-23-12-24-19(14)15/h3-9,17H,10-12H2,1-2H3/p+1/t17-/m0/s1. The van der Waals surface area contributed by atoms with Crippen LogP contribution in [0.1, 0.15) is 21.5 Å². The number of carbonyl (C=O) groups is 1. The third kappa shape index (κ3) is 3.61. The van der Waals surface area contributed by atoms with Crippen molar-refractivity contribution in [3.8, 4) is 5.75 Å². The van der Waals surface area contributed by atoms with Crippen LogP contribution in [0.5, 0.6) is 5.75 Å². The van der Waals surface area contributed by atoms with Gasteiger partial charge in [-0.1, -0.05) is 41.9 Å². The Morgan fingerprint density at radius 1 is 1.25 bits per heavy atom. The Morgan fingerprint density at radius 3 is 2.71 bits per heavy atom. The minimum atomic E-state index is -0.207. The second-order valence-electron chi connectivity index (χ2n) is 6.23. The summed E-state index contributed by atoms with van der Waals surface area (Å²) in [5, 5.41) is 0.637. The lowest BCUT2D eigenvalue weighted by Crippen LogP contribution is -3.11. The fourth-order valence-electron chi connectivity index (χ4n) is 2.99. The molecule has 3 rings (SSSR count). The van der Waals surface area contributed by atoms with Gasteiger partial charge in [0.1, 0.15) is 5.75 Å². The van der Waals surface area contributed by atoms with E-state index in [9.17, 15) is 4.79 Å². The van der Waals surface area contributed by atoms with Gasteiger partial charge in [-0.15, -0.1) is 0 Å². The zero-order valence-corrected chi connectivity index (χ0v) is 14.6. The van der Waals surface area contributed by atoms with Crippen molar-refractivity contribution in [1.29, 1.82) is 0 Å². The van der Waals surface area contributed by atoms with Crippen LogP contribution in [-0.4, -0.2) is 32.7 Å². The van der Waals surface area contributed by atoms with Crippen LogP contribution in [0.4, 0.5) is 0 Å². The Hall–Kier alpha value is -1.88. The molecule has 1 atom stereocenters. The van der Waals surface area contributed by atoms with Gasteiger partial charge in [0.15, 0.2) is 12.8 Å². The fourth-order valence-corrected chi connectivity index (χ4v) is 3.25. The number of ether oxygens (including phenoxy) is 2. The number of hydrogen-bond donors (Lipinski definition) is 1. The largest absolute Gasteiger partial charge is 0.467 e. The molecule has 5 heteroatoms. The first-order valence-corrected chi connectivity index (χ1v) is 8.35. The van der Waals surface area contributed by atoms with E-state index in [1.807, 2.05) is 56.6 Å². The highest BCUT2D eigenvalue weighted by atomic mass is 35.5. The highest BCUT2D eigenvalue weighted by Crippen LogP contribution is 2.32. The van der Waals surface area contributed by atoms with E-state index in [0.29, 0.717) is 18.1 Å². The van der Waals surface area contributed by atoms with E-state index in [-0.39, 0.29) is 18.6 Å². The molecule has 2 aromatic rings. The number of likely N-dealkylation sites (N-methyl/N-ethyl adjacent to an activating group) is 1. The summed E-state index contributed by atoms with van der Waals surface area (Å²) in [6, 6.07) is 12.9. The van der Waals surface area contributed by atoms with Crippen molar-refractivity contribution in [2.45, 2.75) is 19.1 Å². The van der Waals surface area contributed by atoms with Crippen molar-refractivity contribution >= 4 is 17.4 Å². The Morgan fingerprint density at radius 2 is 2.00 bits per heavy atom. The number of carbonyl (C=O) groups excluding carboxylic acids is 1. The van der Waals surface area contributed by atoms with Crippen LogP contribution in [0.25, 0.3) is 0 Å². The van der Waals surface area contributed by atoms with Gasteiger partial charge < -0.3 is 14.4 Å². The van der Waals surface area contributed by atoms with Gasteiger partial charge in [0.2, 0.25) is 5.78 Å². The van der Waals surface area contributed by atoms with E-state index < -0.39 is 0 Å². The predicted octanol–water partition coefficient (Wildman–Crippen LogP) is 2.15. The second kappa shape index (κ2) is 7.34. The third-order valence-corrected chi connectivity index (χ3v) is 4.47. The van der Waals surface area contributed by atoms with Gasteiger partial charge in [0, 0.05) is 28.1 Å². The van der Waals surface area contributed by atoms with Gasteiger partial charge in [-0.05, 0) is 12.1 Å². The van der Waals surface area contributed by atoms with E-state index in [4.69, 9.17) is 21.1 Å². The van der Waals surface area contributed by atoms with Crippen LogP contribution in [0, 0.1) is 0 Å². The van der Waals surface area contributed by atoms with Gasteiger partial charge in [-0.3, -0.25) is 4.79 Å². The Balaban J connectivity index is 1.92. The van der Waals surface area contributed by atoms with Crippen molar-refractivity contribution in [2.75, 3.05) is 20.9 Å². The molecular weight excluding hydrogens is 326 g/mol. The maximum atomic E-state index is 12.9. The lowest BCUT2D eigenvalue weighted by Gasteiger charge is -2.25. The smallest absolute Gasteiger partial charge is 0.220 e. The molecule has 24 heavy (non-hydrogen) atoms. The summed E-state index contributed by atoms with van der Waals surface area (Å²) in [5.74, 6) is 0.925. The lowest BCUT2D eigenvalue weighted by molar-refractivity contribution is -0.874. The van der Waals surface area contributed by atoms with Gasteiger partial charge in [-0.25, -0.2) is 0 Å². The first kappa shape index (κ1) is 17.0. The van der Waals surface area contributed by atoms with E-state index in [1.54, 1.807) is 0 Å². The van der Waals surface area contributed by atoms with E-state index in [2.05, 4.69) is 0 Å². The SMILES string of the molecule is C[NH+](C)[C@@H](Cc1cc(Cl)cc2c1OCOC2)C(=O)c1ccccc1. The van der Waals surface area contributed by atoms with Gasteiger partial charge in [0.25, 0.3) is 0 Å². The molecule has 2 aromatic carbocycles. The molecule has 1 N–H and O–H groups in total. The topological polar surface area (TPSA) is 40.0 Å². The molecule has 4 nitrogen and oxygen atoms in total. The van der Waals surface area contributed by atoms with E-state index >= 15 is 0 Å². The molecular formula is C19H21ClNO3+. The van der Waals surface area contributed by atoms with Crippen molar-refractivity contribution < 1.29 is 19.2 Å². The van der Waals surface area contributed by atoms with Gasteiger partial charge >= 0.3 is 0 Å². The molecule has 1 heterocycles. The van der Waals surface area contributed by atoms with E-state index in [0.717, 1.165) is 27.3 Å². The monoisotopic (exact) mass is 346 g/mol. The Kier molecular flexibility index (Phi) is 5.19. The van der Waals surface area contributed by atoms with Gasteiger partial charge in [-0.2, -0.15) is 0 Å². The van der Waals surface area contributed by atoms with Crippen molar-refractivity contribution in [3.63, 3.8) is 0 Å². The number of Topliss-reactive ketones (excluding diaryl/α,β-unsaturated/α-hetero) is 1. The van der Waals surface area contributed by atoms with Crippen molar-refractivity contribution in [3.05, 3.63) is 64.2 Å². The first-order chi connectivity index (χ1) is 11.6. The zero-order chi connectivity index (χ0) is 17.1. The molecule has 0 fully saturated rings. The van der Waals surface area contributed by atoms with Crippen LogP contribution in [0.2, 0.25) is 5.02 Å². The van der Waals surface area contributed by atoms with Crippen LogP contribution in [0.3, 0.4) is 0 Å². The number of fused-ring (bicyclic) bond motifs is 1. The predicted molar refractivity (Wildman–Crippen MR) is 92.8 cm³/mol. The average Bonchev–Trinajstić information content (AvgIpc) is 2.59. The quantitative estimate of drug-likeness (QED) is 0.843. The maximum Gasteiger partial charge on any atom is 0.220 e. The summed E-state index contributed by atoms with van der Waals surface area (Å²) in [5.41, 5.74) is 2.61. The second-order valence-corrected chi connectivity index (χ2v) is 6.66. The molecule has 0 aromatic heterocycles. The molecule has 0 bridgehead atoms. The molecule has 0 saturated carbocycles. The summed E-state index contributed by atoms with van der Waals surface area (Å²) < 4.78 is 11.0. The molecule has 0 amide bonds. The van der Waals surface area contributed by atoms with E-state index in [1.165, 1.54) is 0 Å². The number of hydrogen-bond acceptors (Lipinski definition) is 3. The average molecular weight is 347 g/mol. The maximum absolute atomic E-state index is 12.9. The van der Waals surface area contributed by atoms with Crippen molar-refractivity contribution in [1.82, 2.24) is 0 Å². The summed E-state index contributed by atoms with van der Waals surface area (Å²) in [6.07, 6.45) is 0.568. The van der Waals surface area contributed by atoms with Crippen LogP contribution >= 0.6 is 11.6 Å². The molecule has 0 aliphatic carbocycles. The van der Waals surface area contributed by atoms with Gasteiger partial charge in [0.05, 0.1) is 20.7 Å². The Labute approximate surface area is 146 Å². The summed E-state index contributed by atoms with van der Waals surface area (Å²) in [4.78, 5) is 14.0. The number of quaternary nitrogens is 1. The molecule has 0 unspecified atom stereocenters. The summed E-state index contributed by atoms with van der Waals surface area (Å²) >= 11 is 6.24. The molecule has 126 valence electrons. The summed E-state index contributed by atoms with van der Waals surface area (Å²) in [6.45, 7) is 0.711.